The second kappa shape index (κ2) is 9.96. The summed E-state index contributed by atoms with van der Waals surface area (Å²) in [6, 6.07) is 7.99. The van der Waals surface area contributed by atoms with Crippen molar-refractivity contribution in [3.8, 4) is 17.1 Å². The van der Waals surface area contributed by atoms with Crippen LogP contribution in [-0.2, 0) is 11.3 Å². The first-order valence-electron chi connectivity index (χ1n) is 10.2. The molecule has 1 N–H and O–H groups in total. The zero-order chi connectivity index (χ0) is 20.8. The number of hydrogen-bond donors (Lipinski definition) is 1. The van der Waals surface area contributed by atoms with Crippen LogP contribution in [0.5, 0.6) is 5.75 Å². The molecular weight excluding hydrogens is 384 g/mol. The fourth-order valence-corrected chi connectivity index (χ4v) is 4.61. The highest BCUT2D eigenvalue weighted by Gasteiger charge is 2.26. The second-order valence-electron chi connectivity index (χ2n) is 7.54. The smallest absolute Gasteiger partial charge is 0.233 e. The van der Waals surface area contributed by atoms with Gasteiger partial charge >= 0.3 is 0 Å². The van der Waals surface area contributed by atoms with Gasteiger partial charge in [0.15, 0.2) is 11.0 Å². The van der Waals surface area contributed by atoms with Crippen molar-refractivity contribution in [2.75, 3.05) is 7.11 Å². The van der Waals surface area contributed by atoms with Crippen LogP contribution in [0.3, 0.4) is 0 Å². The van der Waals surface area contributed by atoms with E-state index in [9.17, 15) is 4.79 Å². The van der Waals surface area contributed by atoms with Crippen LogP contribution in [0.2, 0.25) is 0 Å². The molecule has 0 unspecified atom stereocenters. The lowest BCUT2D eigenvalue weighted by atomic mass is 9.86. The number of nitrogens with one attached hydrogen (secondary N) is 1. The molecule has 1 heterocycles. The van der Waals surface area contributed by atoms with Crippen LogP contribution >= 0.6 is 11.8 Å². The molecule has 0 saturated heterocycles. The van der Waals surface area contributed by atoms with E-state index in [0.717, 1.165) is 17.7 Å². The quantitative estimate of drug-likeness (QED) is 0.515. The summed E-state index contributed by atoms with van der Waals surface area (Å²) in [5.74, 6) is 2.03. The fourth-order valence-electron chi connectivity index (χ4n) is 3.74. The molecule has 1 aliphatic rings. The molecule has 6 nitrogen and oxygen atoms in total. The van der Waals surface area contributed by atoms with Gasteiger partial charge in [-0.25, -0.2) is 0 Å². The summed E-state index contributed by atoms with van der Waals surface area (Å²) in [4.78, 5) is 12.8. The summed E-state index contributed by atoms with van der Waals surface area (Å²) in [6.07, 6.45) is 6.50. The lowest BCUT2D eigenvalue weighted by Gasteiger charge is -2.30. The molecule has 0 radical (unpaired) electrons. The minimum atomic E-state index is -0.262. The standard InChI is InChI=1S/C22H30N4O2S/c1-5-14-26-20(17-11-7-9-13-19(17)28-4)24-25-22(26)29-16(3)21(27)23-18-12-8-6-10-15(18)2/h5,7,9,11,13,15-16,18H,1,6,8,10,12,14H2,2-4H3,(H,23,27)/t15-,16-,18-/m1/s1. The third-order valence-corrected chi connectivity index (χ3v) is 6.55. The summed E-state index contributed by atoms with van der Waals surface area (Å²) in [5.41, 5.74) is 0.865. The molecule has 0 spiro atoms. The molecule has 1 amide bonds. The van der Waals surface area contributed by atoms with Crippen molar-refractivity contribution < 1.29 is 9.53 Å². The lowest BCUT2D eigenvalue weighted by molar-refractivity contribution is -0.121. The van der Waals surface area contributed by atoms with Crippen molar-refractivity contribution in [2.24, 2.45) is 5.92 Å². The van der Waals surface area contributed by atoms with Gasteiger partial charge in [-0.2, -0.15) is 0 Å². The van der Waals surface area contributed by atoms with Crippen molar-refractivity contribution in [3.63, 3.8) is 0 Å². The Hall–Kier alpha value is -2.28. The van der Waals surface area contributed by atoms with Crippen LogP contribution in [0.4, 0.5) is 0 Å². The van der Waals surface area contributed by atoms with E-state index in [2.05, 4.69) is 29.0 Å². The van der Waals surface area contributed by atoms with Gasteiger partial charge in [-0.3, -0.25) is 9.36 Å². The van der Waals surface area contributed by atoms with Crippen molar-refractivity contribution >= 4 is 17.7 Å². The molecular formula is C22H30N4O2S. The lowest BCUT2D eigenvalue weighted by Crippen LogP contribution is -2.44. The molecule has 29 heavy (non-hydrogen) atoms. The molecule has 1 fully saturated rings. The SMILES string of the molecule is C=CCn1c(S[C@H](C)C(=O)N[C@@H]2CCCC[C@H]2C)nnc1-c1ccccc1OC. The van der Waals surface area contributed by atoms with Gasteiger partial charge in [0.05, 0.1) is 17.9 Å². The number of carbonyl (C=O) groups excluding carboxylic acids is 1. The summed E-state index contributed by atoms with van der Waals surface area (Å²) in [6.45, 7) is 8.55. The summed E-state index contributed by atoms with van der Waals surface area (Å²) in [5, 5.41) is 12.4. The average molecular weight is 415 g/mol. The first-order chi connectivity index (χ1) is 14.0. The number of allylic oxidation sites excluding steroid dienone is 1. The van der Waals surface area contributed by atoms with Crippen molar-refractivity contribution in [2.45, 2.75) is 62.5 Å². The fraction of sp³-hybridized carbons (Fsp3) is 0.500. The number of ether oxygens (including phenoxy) is 1. The number of para-hydroxylation sites is 1. The monoisotopic (exact) mass is 414 g/mol. The Balaban J connectivity index is 1.77. The van der Waals surface area contributed by atoms with E-state index in [1.54, 1.807) is 13.2 Å². The van der Waals surface area contributed by atoms with Crippen molar-refractivity contribution in [1.82, 2.24) is 20.1 Å². The van der Waals surface area contributed by atoms with Crippen LogP contribution in [0.15, 0.2) is 42.1 Å². The van der Waals surface area contributed by atoms with Gasteiger partial charge < -0.3 is 10.1 Å². The van der Waals surface area contributed by atoms with Gasteiger partial charge in [-0.1, -0.05) is 49.7 Å². The Kier molecular flexibility index (Phi) is 7.36. The third-order valence-electron chi connectivity index (χ3n) is 5.47. The zero-order valence-corrected chi connectivity index (χ0v) is 18.2. The van der Waals surface area contributed by atoms with Gasteiger partial charge in [0.2, 0.25) is 5.91 Å². The highest BCUT2D eigenvalue weighted by molar-refractivity contribution is 8.00. The maximum atomic E-state index is 12.8. The highest BCUT2D eigenvalue weighted by atomic mass is 32.2. The molecule has 0 aliphatic heterocycles. The number of rotatable bonds is 8. The maximum absolute atomic E-state index is 12.8. The second-order valence-corrected chi connectivity index (χ2v) is 8.85. The molecule has 0 bridgehead atoms. The minimum absolute atomic E-state index is 0.0562. The van der Waals surface area contributed by atoms with Gasteiger partial charge in [0, 0.05) is 12.6 Å². The van der Waals surface area contributed by atoms with E-state index in [4.69, 9.17) is 4.74 Å². The molecule has 2 aromatic rings. The Bertz CT molecular complexity index is 851. The van der Waals surface area contributed by atoms with Crippen molar-refractivity contribution in [3.05, 3.63) is 36.9 Å². The number of methoxy groups -OCH3 is 1. The van der Waals surface area contributed by atoms with Crippen LogP contribution in [0.1, 0.15) is 39.5 Å². The number of carbonyl (C=O) groups is 1. The van der Waals surface area contributed by atoms with Gasteiger partial charge in [0.1, 0.15) is 5.75 Å². The van der Waals surface area contributed by atoms with Gasteiger partial charge in [-0.15, -0.1) is 16.8 Å². The van der Waals surface area contributed by atoms with E-state index >= 15 is 0 Å². The Morgan fingerprint density at radius 1 is 1.38 bits per heavy atom. The molecule has 156 valence electrons. The molecule has 7 heteroatoms. The predicted molar refractivity (Wildman–Crippen MR) is 117 cm³/mol. The molecule has 3 atom stereocenters. The molecule has 1 aromatic carbocycles. The molecule has 1 aliphatic carbocycles. The first-order valence-corrected chi connectivity index (χ1v) is 11.1. The van der Waals surface area contributed by atoms with Crippen LogP contribution in [-0.4, -0.2) is 39.1 Å². The Labute approximate surface area is 177 Å². The topological polar surface area (TPSA) is 69.0 Å². The highest BCUT2D eigenvalue weighted by Crippen LogP contribution is 2.32. The number of aromatic nitrogens is 3. The molecule has 1 aromatic heterocycles. The van der Waals surface area contributed by atoms with E-state index in [1.165, 1.54) is 31.0 Å². The summed E-state index contributed by atoms with van der Waals surface area (Å²) in [7, 11) is 1.64. The van der Waals surface area contributed by atoms with E-state index in [-0.39, 0.29) is 17.2 Å². The zero-order valence-electron chi connectivity index (χ0n) is 17.4. The summed E-state index contributed by atoms with van der Waals surface area (Å²) < 4.78 is 7.45. The number of hydrogen-bond acceptors (Lipinski definition) is 5. The third kappa shape index (κ3) is 5.01. The predicted octanol–water partition coefficient (Wildman–Crippen LogP) is 4.32. The van der Waals surface area contributed by atoms with Gasteiger partial charge in [0.25, 0.3) is 0 Å². The Morgan fingerprint density at radius 3 is 2.86 bits per heavy atom. The number of benzene rings is 1. The maximum Gasteiger partial charge on any atom is 0.233 e. The van der Waals surface area contributed by atoms with Crippen molar-refractivity contribution in [1.29, 1.82) is 0 Å². The molecule has 1 saturated carbocycles. The average Bonchev–Trinajstić information content (AvgIpc) is 3.12. The van der Waals surface area contributed by atoms with Crippen LogP contribution in [0.25, 0.3) is 11.4 Å². The van der Waals surface area contributed by atoms with E-state index in [1.807, 2.05) is 35.8 Å². The minimum Gasteiger partial charge on any atom is -0.496 e. The molecule has 3 rings (SSSR count). The van der Waals surface area contributed by atoms with E-state index in [0.29, 0.717) is 23.4 Å². The normalized spacial score (nSPS) is 20.1. The van der Waals surface area contributed by atoms with Crippen LogP contribution in [0, 0.1) is 5.92 Å². The first kappa shape index (κ1) is 21.4. The van der Waals surface area contributed by atoms with Crippen LogP contribution < -0.4 is 10.1 Å². The number of nitrogens with zero attached hydrogens (tertiary/aromatic N) is 3. The summed E-state index contributed by atoms with van der Waals surface area (Å²) >= 11 is 1.43. The van der Waals surface area contributed by atoms with E-state index < -0.39 is 0 Å². The number of amides is 1. The number of thioether (sulfide) groups is 1. The van der Waals surface area contributed by atoms with Gasteiger partial charge in [-0.05, 0) is 37.8 Å². The Morgan fingerprint density at radius 2 is 2.14 bits per heavy atom. The largest absolute Gasteiger partial charge is 0.496 e.